The van der Waals surface area contributed by atoms with Crippen molar-refractivity contribution >= 4 is 23.3 Å². The lowest BCUT2D eigenvalue weighted by Crippen LogP contribution is -2.52. The first-order valence-electron chi connectivity index (χ1n) is 4.55. The number of nitrogens with one attached hydrogen (secondary N) is 1. The summed E-state index contributed by atoms with van der Waals surface area (Å²) in [6, 6.07) is -0.357. The molecule has 5 nitrogen and oxygen atoms in total. The maximum Gasteiger partial charge on any atom is 0.404 e. The summed E-state index contributed by atoms with van der Waals surface area (Å²) < 4.78 is 0. The molecule has 1 saturated carbocycles. The molecule has 0 saturated heterocycles. The predicted octanol–water partition coefficient (Wildman–Crippen LogP) is 0.0361. The van der Waals surface area contributed by atoms with Crippen LogP contribution in [0.2, 0.25) is 0 Å². The van der Waals surface area contributed by atoms with Crippen molar-refractivity contribution in [3.8, 4) is 0 Å². The van der Waals surface area contributed by atoms with Gasteiger partial charge < -0.3 is 21.9 Å². The molecular weight excluding hydrogens is 202 g/mol. The van der Waals surface area contributed by atoms with Crippen LogP contribution in [0, 0.1) is 5.92 Å². The second kappa shape index (κ2) is 4.56. The molecule has 6 heteroatoms. The van der Waals surface area contributed by atoms with Gasteiger partial charge in [-0.05, 0) is 19.3 Å². The first-order chi connectivity index (χ1) is 6.50. The summed E-state index contributed by atoms with van der Waals surface area (Å²) in [4.78, 5) is 10.9. The van der Waals surface area contributed by atoms with Crippen LogP contribution < -0.4 is 16.8 Å². The van der Waals surface area contributed by atoms with Crippen LogP contribution in [-0.4, -0.2) is 28.3 Å². The van der Waals surface area contributed by atoms with E-state index >= 15 is 0 Å². The van der Waals surface area contributed by atoms with Crippen molar-refractivity contribution < 1.29 is 9.90 Å². The quantitative estimate of drug-likeness (QED) is 0.489. The predicted molar refractivity (Wildman–Crippen MR) is 57.1 cm³/mol. The van der Waals surface area contributed by atoms with E-state index in [1.54, 1.807) is 0 Å². The molecule has 0 bridgehead atoms. The topological polar surface area (TPSA) is 101 Å². The Morgan fingerprint density at radius 3 is 2.64 bits per heavy atom. The first-order valence-corrected chi connectivity index (χ1v) is 4.96. The molecule has 0 aromatic rings. The summed E-state index contributed by atoms with van der Waals surface area (Å²) in [6.07, 6.45) is 1.18. The molecule has 14 heavy (non-hydrogen) atoms. The molecule has 0 radical (unpaired) electrons. The van der Waals surface area contributed by atoms with E-state index in [4.69, 9.17) is 28.8 Å². The van der Waals surface area contributed by atoms with E-state index in [1.165, 1.54) is 0 Å². The van der Waals surface area contributed by atoms with Crippen LogP contribution in [0.3, 0.4) is 0 Å². The Labute approximate surface area is 87.8 Å². The summed E-state index contributed by atoms with van der Waals surface area (Å²) in [7, 11) is 0. The van der Waals surface area contributed by atoms with Crippen LogP contribution in [0.25, 0.3) is 0 Å². The van der Waals surface area contributed by atoms with Gasteiger partial charge >= 0.3 is 6.09 Å². The normalized spacial score (nSPS) is 32.2. The van der Waals surface area contributed by atoms with Crippen molar-refractivity contribution in [2.24, 2.45) is 17.4 Å². The highest BCUT2D eigenvalue weighted by Crippen LogP contribution is 2.23. The number of hydrogen-bond donors (Lipinski definition) is 4. The van der Waals surface area contributed by atoms with Gasteiger partial charge in [-0.15, -0.1) is 0 Å². The minimum absolute atomic E-state index is 0.113. The van der Waals surface area contributed by atoms with E-state index in [2.05, 4.69) is 5.32 Å². The molecule has 1 aliphatic rings. The van der Waals surface area contributed by atoms with Gasteiger partial charge in [0, 0.05) is 18.0 Å². The third kappa shape index (κ3) is 2.81. The van der Waals surface area contributed by atoms with E-state index in [-0.39, 0.29) is 18.0 Å². The van der Waals surface area contributed by atoms with Crippen molar-refractivity contribution in [1.82, 2.24) is 5.32 Å². The monoisotopic (exact) mass is 217 g/mol. The van der Waals surface area contributed by atoms with E-state index in [0.717, 1.165) is 12.8 Å². The lowest BCUT2D eigenvalue weighted by atomic mass is 9.83. The van der Waals surface area contributed by atoms with Crippen molar-refractivity contribution in [3.63, 3.8) is 0 Å². The Morgan fingerprint density at radius 2 is 2.14 bits per heavy atom. The Morgan fingerprint density at radius 1 is 1.50 bits per heavy atom. The smallest absolute Gasteiger partial charge is 0.404 e. The highest BCUT2D eigenvalue weighted by atomic mass is 32.1. The van der Waals surface area contributed by atoms with Crippen molar-refractivity contribution in [3.05, 3.63) is 0 Å². The molecular formula is C8H15N3O2S. The molecule has 6 N–H and O–H groups in total. The number of nitrogens with two attached hydrogens (primary N) is 2. The molecule has 0 aromatic carbocycles. The number of carbonyl (C=O) groups is 1. The standard InChI is InChI=1S/C8H15N3O2S/c9-5-2-1-4(7(10)14)3-6(5)11-8(12)13/h4-6,11H,1-3,9H2,(H2,10,14)(H,12,13)/t4-,5-,6+/m0/s1. The van der Waals surface area contributed by atoms with Crippen molar-refractivity contribution in [1.29, 1.82) is 0 Å². The van der Waals surface area contributed by atoms with Gasteiger partial charge in [0.2, 0.25) is 0 Å². The molecule has 3 atom stereocenters. The van der Waals surface area contributed by atoms with Gasteiger partial charge in [-0.1, -0.05) is 12.2 Å². The maximum atomic E-state index is 10.5. The second-order valence-electron chi connectivity index (χ2n) is 3.63. The zero-order chi connectivity index (χ0) is 10.7. The van der Waals surface area contributed by atoms with E-state index in [0.29, 0.717) is 11.4 Å². The summed E-state index contributed by atoms with van der Waals surface area (Å²) in [5.74, 6) is 0.113. The highest BCUT2D eigenvalue weighted by Gasteiger charge is 2.30. The van der Waals surface area contributed by atoms with Gasteiger partial charge in [-0.2, -0.15) is 0 Å². The van der Waals surface area contributed by atoms with E-state index < -0.39 is 6.09 Å². The molecule has 1 aliphatic carbocycles. The van der Waals surface area contributed by atoms with Gasteiger partial charge in [0.15, 0.2) is 0 Å². The van der Waals surface area contributed by atoms with Gasteiger partial charge in [-0.3, -0.25) is 0 Å². The molecule has 0 heterocycles. The van der Waals surface area contributed by atoms with Crippen molar-refractivity contribution in [2.75, 3.05) is 0 Å². The lowest BCUT2D eigenvalue weighted by molar-refractivity contribution is 0.180. The minimum Gasteiger partial charge on any atom is -0.465 e. The Kier molecular flexibility index (Phi) is 3.65. The SMILES string of the molecule is NC(=S)[C@H]1CC[C@H](N)[C@H](NC(=O)O)C1. The van der Waals surface area contributed by atoms with E-state index in [1.807, 2.05) is 0 Å². The average molecular weight is 217 g/mol. The Balaban J connectivity index is 2.55. The van der Waals surface area contributed by atoms with Gasteiger partial charge in [-0.25, -0.2) is 4.79 Å². The molecule has 0 unspecified atom stereocenters. The lowest BCUT2D eigenvalue weighted by Gasteiger charge is -2.33. The second-order valence-corrected chi connectivity index (χ2v) is 4.10. The zero-order valence-electron chi connectivity index (χ0n) is 7.77. The summed E-state index contributed by atoms with van der Waals surface area (Å²) >= 11 is 4.88. The fourth-order valence-electron chi connectivity index (χ4n) is 1.78. The molecule has 0 spiro atoms. The highest BCUT2D eigenvalue weighted by molar-refractivity contribution is 7.80. The number of rotatable bonds is 2. The molecule has 0 aliphatic heterocycles. The Hall–Kier alpha value is -0.880. The third-order valence-corrected chi connectivity index (χ3v) is 2.95. The zero-order valence-corrected chi connectivity index (χ0v) is 8.59. The summed E-state index contributed by atoms with van der Waals surface area (Å²) in [5.41, 5.74) is 11.3. The van der Waals surface area contributed by atoms with Gasteiger partial charge in [0.25, 0.3) is 0 Å². The molecule has 0 aromatic heterocycles. The number of amides is 1. The van der Waals surface area contributed by atoms with Crippen LogP contribution in [0.5, 0.6) is 0 Å². The first kappa shape index (κ1) is 11.2. The molecule has 1 amide bonds. The van der Waals surface area contributed by atoms with Gasteiger partial charge in [0.1, 0.15) is 0 Å². The van der Waals surface area contributed by atoms with Crippen LogP contribution in [-0.2, 0) is 0 Å². The molecule has 80 valence electrons. The summed E-state index contributed by atoms with van der Waals surface area (Å²) in [6.45, 7) is 0. The Bertz CT molecular complexity index is 247. The molecule has 1 fully saturated rings. The fourth-order valence-corrected chi connectivity index (χ4v) is 1.99. The summed E-state index contributed by atoms with van der Waals surface area (Å²) in [5, 5.41) is 11.0. The molecule has 1 rings (SSSR count). The van der Waals surface area contributed by atoms with Crippen LogP contribution >= 0.6 is 12.2 Å². The number of carboxylic acid groups (broad SMARTS) is 1. The largest absolute Gasteiger partial charge is 0.465 e. The van der Waals surface area contributed by atoms with E-state index in [9.17, 15) is 4.79 Å². The average Bonchev–Trinajstić information content (AvgIpc) is 2.07. The van der Waals surface area contributed by atoms with Gasteiger partial charge in [0.05, 0.1) is 4.99 Å². The minimum atomic E-state index is -1.05. The van der Waals surface area contributed by atoms with Crippen LogP contribution in [0.15, 0.2) is 0 Å². The third-order valence-electron chi connectivity index (χ3n) is 2.61. The maximum absolute atomic E-state index is 10.5. The van der Waals surface area contributed by atoms with Crippen LogP contribution in [0.4, 0.5) is 4.79 Å². The number of thiocarbonyl (C=S) groups is 1. The van der Waals surface area contributed by atoms with Crippen molar-refractivity contribution in [2.45, 2.75) is 31.3 Å². The fraction of sp³-hybridized carbons (Fsp3) is 0.750. The number of hydrogen-bond acceptors (Lipinski definition) is 3. The van der Waals surface area contributed by atoms with Crippen LogP contribution in [0.1, 0.15) is 19.3 Å².